The largest absolute Gasteiger partial charge is 0.226 e. The molecule has 3 rings (SSSR count). The molecule has 0 saturated heterocycles. The number of thiocarbonyl (C=S) groups is 1. The minimum absolute atomic E-state index is 0.0614. The van der Waals surface area contributed by atoms with Gasteiger partial charge < -0.3 is 0 Å². The van der Waals surface area contributed by atoms with Gasteiger partial charge in [-0.05, 0) is 73.4 Å². The van der Waals surface area contributed by atoms with Crippen molar-refractivity contribution in [3.8, 4) is 0 Å². The van der Waals surface area contributed by atoms with Crippen LogP contribution in [-0.2, 0) is 0 Å². The predicted octanol–water partition coefficient (Wildman–Crippen LogP) is 4.72. The minimum atomic E-state index is 0.0614. The Morgan fingerprint density at radius 2 is 1.83 bits per heavy atom. The molecule has 3 aliphatic carbocycles. The molecule has 0 radical (unpaired) electrons. The third kappa shape index (κ3) is 1.51. The van der Waals surface area contributed by atoms with E-state index in [0.717, 1.165) is 17.8 Å². The van der Waals surface area contributed by atoms with Gasteiger partial charge in [0.2, 0.25) is 0 Å². The third-order valence-corrected chi connectivity index (χ3v) is 6.77. The summed E-state index contributed by atoms with van der Waals surface area (Å²) in [4.78, 5) is 4.65. The Labute approximate surface area is 116 Å². The molecular weight excluding hydrogens is 238 g/mol. The number of hydrogen-bond donors (Lipinski definition) is 0. The van der Waals surface area contributed by atoms with Gasteiger partial charge in [-0.1, -0.05) is 27.2 Å². The maximum atomic E-state index is 4.93. The molecule has 2 unspecified atom stereocenters. The minimum Gasteiger partial charge on any atom is -0.226 e. The highest BCUT2D eigenvalue weighted by Gasteiger charge is 2.70. The van der Waals surface area contributed by atoms with Gasteiger partial charge >= 0.3 is 0 Å². The lowest BCUT2D eigenvalue weighted by Crippen LogP contribution is -2.50. The van der Waals surface area contributed by atoms with Crippen LogP contribution in [0.25, 0.3) is 0 Å². The Hall–Kier alpha value is -0.200. The quantitative estimate of drug-likeness (QED) is 0.492. The summed E-state index contributed by atoms with van der Waals surface area (Å²) < 4.78 is 0. The van der Waals surface area contributed by atoms with E-state index in [1.807, 2.05) is 0 Å². The van der Waals surface area contributed by atoms with Gasteiger partial charge in [0.05, 0.1) is 10.7 Å². The molecule has 0 bridgehead atoms. The van der Waals surface area contributed by atoms with Crippen LogP contribution in [0, 0.1) is 28.6 Å². The van der Waals surface area contributed by atoms with Crippen molar-refractivity contribution in [3.63, 3.8) is 0 Å². The van der Waals surface area contributed by atoms with E-state index in [2.05, 4.69) is 37.8 Å². The fourth-order valence-electron chi connectivity index (χ4n) is 5.73. The molecule has 1 nitrogen and oxygen atoms in total. The fourth-order valence-corrected chi connectivity index (χ4v) is 5.94. The van der Waals surface area contributed by atoms with E-state index < -0.39 is 0 Å². The van der Waals surface area contributed by atoms with Crippen LogP contribution in [0.5, 0.6) is 0 Å². The molecule has 0 aromatic carbocycles. The Kier molecular flexibility index (Phi) is 2.61. The lowest BCUT2D eigenvalue weighted by molar-refractivity contribution is -0.00530. The van der Waals surface area contributed by atoms with Crippen LogP contribution in [0.4, 0.5) is 0 Å². The summed E-state index contributed by atoms with van der Waals surface area (Å²) in [5.41, 5.74) is 1.10. The molecule has 0 aromatic rings. The zero-order chi connectivity index (χ0) is 13.2. The van der Waals surface area contributed by atoms with Crippen LogP contribution < -0.4 is 0 Å². The topological polar surface area (TPSA) is 12.4 Å². The maximum absolute atomic E-state index is 4.93. The molecular formula is C16H25NS. The fraction of sp³-hybridized carbons (Fsp3) is 0.938. The van der Waals surface area contributed by atoms with Gasteiger partial charge in [-0.3, -0.25) is 0 Å². The zero-order valence-corrected chi connectivity index (χ0v) is 12.9. The molecule has 3 fully saturated rings. The molecule has 0 aromatic heterocycles. The molecule has 5 atom stereocenters. The number of fused-ring (bicyclic) bond motifs is 3. The maximum Gasteiger partial charge on any atom is 0.0719 e. The summed E-state index contributed by atoms with van der Waals surface area (Å²) in [6.07, 6.45) is 6.73. The summed E-state index contributed by atoms with van der Waals surface area (Å²) in [6.45, 7) is 9.78. The van der Waals surface area contributed by atoms with Gasteiger partial charge in [0, 0.05) is 0 Å². The number of hydrogen-bond acceptors (Lipinski definition) is 2. The number of nitrogens with zero attached hydrogens (tertiary/aromatic N) is 1. The second-order valence-electron chi connectivity index (χ2n) is 8.04. The first-order valence-corrected chi connectivity index (χ1v) is 7.85. The van der Waals surface area contributed by atoms with Crippen LogP contribution in [0.1, 0.15) is 59.8 Å². The van der Waals surface area contributed by atoms with Crippen molar-refractivity contribution in [1.29, 1.82) is 0 Å². The molecule has 0 aliphatic heterocycles. The van der Waals surface area contributed by atoms with Gasteiger partial charge in [-0.15, -0.1) is 0 Å². The standard InChI is InChI=1S/C16H25NS/c1-14(2)11-6-9-15(3)7-5-8-16(4,17-10-18)13(15)12(11)14/h11-13H,5-9H2,1-4H3/t11?,12?,13-,15-,16-/m1/s1. The van der Waals surface area contributed by atoms with Crippen molar-refractivity contribution < 1.29 is 0 Å². The first-order chi connectivity index (χ1) is 8.35. The highest BCUT2D eigenvalue weighted by molar-refractivity contribution is 7.78. The molecule has 0 N–H and O–H groups in total. The molecule has 0 spiro atoms. The highest BCUT2D eigenvalue weighted by atomic mass is 32.1. The molecule has 0 amide bonds. The van der Waals surface area contributed by atoms with Crippen LogP contribution >= 0.6 is 12.2 Å². The highest BCUT2D eigenvalue weighted by Crippen LogP contribution is 2.74. The second-order valence-corrected chi connectivity index (χ2v) is 8.22. The monoisotopic (exact) mass is 263 g/mol. The van der Waals surface area contributed by atoms with Crippen LogP contribution in [0.3, 0.4) is 0 Å². The van der Waals surface area contributed by atoms with Gasteiger partial charge in [-0.25, -0.2) is 4.99 Å². The Morgan fingerprint density at radius 3 is 2.50 bits per heavy atom. The zero-order valence-electron chi connectivity index (χ0n) is 12.1. The SMILES string of the molecule is CC1(C)C2CC[C@@]3(C)CCC[C@@](C)(N=C=S)[C@@H]3C21. The molecule has 3 aliphatic rings. The van der Waals surface area contributed by atoms with Crippen molar-refractivity contribution in [2.45, 2.75) is 65.3 Å². The van der Waals surface area contributed by atoms with E-state index in [1.165, 1.54) is 32.1 Å². The Bertz CT molecular complexity index is 423. The van der Waals surface area contributed by atoms with Crippen LogP contribution in [0.2, 0.25) is 0 Å². The first-order valence-electron chi connectivity index (χ1n) is 7.44. The molecule has 3 saturated carbocycles. The van der Waals surface area contributed by atoms with Crippen molar-refractivity contribution in [2.24, 2.45) is 33.6 Å². The second kappa shape index (κ2) is 3.67. The van der Waals surface area contributed by atoms with E-state index >= 15 is 0 Å². The van der Waals surface area contributed by atoms with Gasteiger partial charge in [0.1, 0.15) is 0 Å². The number of isothiocyanates is 1. The van der Waals surface area contributed by atoms with E-state index in [4.69, 9.17) is 12.2 Å². The normalized spacial score (nSPS) is 52.8. The number of aliphatic imine (C=N–C) groups is 1. The molecule has 2 heteroatoms. The lowest BCUT2D eigenvalue weighted by atomic mass is 9.54. The summed E-state index contributed by atoms with van der Waals surface area (Å²) in [5.74, 6) is 2.53. The van der Waals surface area contributed by atoms with Crippen molar-refractivity contribution in [2.75, 3.05) is 0 Å². The van der Waals surface area contributed by atoms with Crippen molar-refractivity contribution in [1.82, 2.24) is 0 Å². The third-order valence-electron chi connectivity index (χ3n) is 6.68. The lowest BCUT2D eigenvalue weighted by Gasteiger charge is -2.53. The van der Waals surface area contributed by atoms with Crippen LogP contribution in [0.15, 0.2) is 4.99 Å². The molecule has 0 heterocycles. The van der Waals surface area contributed by atoms with Crippen molar-refractivity contribution in [3.05, 3.63) is 0 Å². The first kappa shape index (κ1) is 12.8. The average Bonchev–Trinajstić information content (AvgIpc) is 2.80. The Morgan fingerprint density at radius 1 is 1.11 bits per heavy atom. The summed E-state index contributed by atoms with van der Waals surface area (Å²) in [5, 5.41) is 2.70. The van der Waals surface area contributed by atoms with E-state index in [0.29, 0.717) is 10.8 Å². The van der Waals surface area contributed by atoms with Crippen molar-refractivity contribution >= 4 is 17.4 Å². The van der Waals surface area contributed by atoms with E-state index in [9.17, 15) is 0 Å². The summed E-state index contributed by atoms with van der Waals surface area (Å²) >= 11 is 4.93. The van der Waals surface area contributed by atoms with Gasteiger partial charge in [0.15, 0.2) is 0 Å². The summed E-state index contributed by atoms with van der Waals surface area (Å²) in [7, 11) is 0. The molecule has 100 valence electrons. The van der Waals surface area contributed by atoms with Gasteiger partial charge in [-0.2, -0.15) is 0 Å². The molecule has 18 heavy (non-hydrogen) atoms. The smallest absolute Gasteiger partial charge is 0.0719 e. The average molecular weight is 263 g/mol. The van der Waals surface area contributed by atoms with Gasteiger partial charge in [0.25, 0.3) is 0 Å². The van der Waals surface area contributed by atoms with E-state index in [1.54, 1.807) is 0 Å². The summed E-state index contributed by atoms with van der Waals surface area (Å²) in [6, 6.07) is 0. The Balaban J connectivity index is 2.03. The number of rotatable bonds is 1. The predicted molar refractivity (Wildman–Crippen MR) is 78.9 cm³/mol. The van der Waals surface area contributed by atoms with E-state index in [-0.39, 0.29) is 5.54 Å². The van der Waals surface area contributed by atoms with Crippen LogP contribution in [-0.4, -0.2) is 10.7 Å².